The van der Waals surface area contributed by atoms with Crippen LogP contribution in [0.1, 0.15) is 36.5 Å². The van der Waals surface area contributed by atoms with Gasteiger partial charge in [-0.25, -0.2) is 4.57 Å². The number of benzene rings is 1. The molecule has 4 nitrogen and oxygen atoms in total. The smallest absolute Gasteiger partial charge is 0.404 e. The number of phosphoric acid groups is 1. The summed E-state index contributed by atoms with van der Waals surface area (Å²) < 4.78 is 15.6. The van der Waals surface area contributed by atoms with Crippen LogP contribution >= 0.6 is 7.82 Å². The SMILES string of the molecule is Cc1cc(C)c(C(C)C)c(OP(=O)(O)O)c1. The van der Waals surface area contributed by atoms with E-state index in [4.69, 9.17) is 14.3 Å². The predicted octanol–water partition coefficient (Wildman–Crippen LogP) is 2.90. The van der Waals surface area contributed by atoms with Crippen molar-refractivity contribution >= 4 is 7.82 Å². The molecule has 0 radical (unpaired) electrons. The van der Waals surface area contributed by atoms with E-state index < -0.39 is 7.82 Å². The molecular formula is C11H17O4P. The second-order valence-corrected chi connectivity index (χ2v) is 5.39. The zero-order valence-electron chi connectivity index (χ0n) is 9.89. The van der Waals surface area contributed by atoms with E-state index in [-0.39, 0.29) is 11.7 Å². The summed E-state index contributed by atoms with van der Waals surface area (Å²) in [5.74, 6) is 0.433. The lowest BCUT2D eigenvalue weighted by molar-refractivity contribution is 0.282. The molecule has 1 rings (SSSR count). The van der Waals surface area contributed by atoms with E-state index in [9.17, 15) is 4.57 Å². The summed E-state index contributed by atoms with van der Waals surface area (Å²) in [6, 6.07) is 3.63. The van der Waals surface area contributed by atoms with E-state index in [0.29, 0.717) is 0 Å². The topological polar surface area (TPSA) is 66.8 Å². The van der Waals surface area contributed by atoms with Gasteiger partial charge in [-0.15, -0.1) is 0 Å². The van der Waals surface area contributed by atoms with Crippen LogP contribution < -0.4 is 4.52 Å². The largest absolute Gasteiger partial charge is 0.524 e. The van der Waals surface area contributed by atoms with E-state index in [1.54, 1.807) is 6.07 Å². The number of aryl methyl sites for hydroxylation is 2. The Morgan fingerprint density at radius 1 is 1.25 bits per heavy atom. The minimum Gasteiger partial charge on any atom is -0.404 e. The summed E-state index contributed by atoms with van der Waals surface area (Å²) in [6.07, 6.45) is 0. The summed E-state index contributed by atoms with van der Waals surface area (Å²) in [5, 5.41) is 0. The lowest BCUT2D eigenvalue weighted by Gasteiger charge is -2.17. The summed E-state index contributed by atoms with van der Waals surface area (Å²) in [7, 11) is -4.49. The van der Waals surface area contributed by atoms with E-state index in [0.717, 1.165) is 16.7 Å². The summed E-state index contributed by atoms with van der Waals surface area (Å²) in [5.41, 5.74) is 2.75. The van der Waals surface area contributed by atoms with Gasteiger partial charge in [0.25, 0.3) is 0 Å². The highest BCUT2D eigenvalue weighted by Gasteiger charge is 2.20. The summed E-state index contributed by atoms with van der Waals surface area (Å²) in [6.45, 7) is 7.70. The van der Waals surface area contributed by atoms with Gasteiger partial charge in [-0.2, -0.15) is 0 Å². The molecule has 0 aliphatic rings. The van der Waals surface area contributed by atoms with Crippen molar-refractivity contribution in [1.29, 1.82) is 0 Å². The van der Waals surface area contributed by atoms with Gasteiger partial charge in [-0.3, -0.25) is 9.79 Å². The highest BCUT2D eigenvalue weighted by Crippen LogP contribution is 2.42. The van der Waals surface area contributed by atoms with E-state index >= 15 is 0 Å². The van der Waals surface area contributed by atoms with Crippen molar-refractivity contribution < 1.29 is 18.9 Å². The van der Waals surface area contributed by atoms with Crippen molar-refractivity contribution in [3.8, 4) is 5.75 Å². The third-order valence-electron chi connectivity index (χ3n) is 2.29. The van der Waals surface area contributed by atoms with Gasteiger partial charge in [0.05, 0.1) is 0 Å². The molecule has 0 fully saturated rings. The average Bonchev–Trinajstić information content (AvgIpc) is 1.96. The number of hydrogen-bond acceptors (Lipinski definition) is 2. The van der Waals surface area contributed by atoms with Gasteiger partial charge in [0, 0.05) is 5.56 Å². The van der Waals surface area contributed by atoms with Gasteiger partial charge in [0.15, 0.2) is 0 Å². The fraction of sp³-hybridized carbons (Fsp3) is 0.455. The normalized spacial score (nSPS) is 11.9. The second kappa shape index (κ2) is 4.58. The minimum atomic E-state index is -4.49. The molecule has 1 aromatic rings. The van der Waals surface area contributed by atoms with Crippen molar-refractivity contribution in [2.75, 3.05) is 0 Å². The van der Waals surface area contributed by atoms with Crippen LogP contribution in [0.2, 0.25) is 0 Å². The quantitative estimate of drug-likeness (QED) is 0.802. The third-order valence-corrected chi connectivity index (χ3v) is 2.72. The Kier molecular flexibility index (Phi) is 3.79. The number of rotatable bonds is 3. The van der Waals surface area contributed by atoms with Crippen LogP contribution in [0.15, 0.2) is 12.1 Å². The standard InChI is InChI=1S/C11H17O4P/c1-7(2)11-9(4)5-8(3)6-10(11)15-16(12,13)14/h5-7H,1-4H3,(H2,12,13,14). The first-order valence-corrected chi connectivity index (χ1v) is 6.60. The monoisotopic (exact) mass is 244 g/mol. The molecule has 2 N–H and O–H groups in total. The molecule has 0 atom stereocenters. The molecule has 0 saturated carbocycles. The molecule has 0 amide bonds. The average molecular weight is 244 g/mol. The van der Waals surface area contributed by atoms with Crippen molar-refractivity contribution in [3.05, 3.63) is 28.8 Å². The first-order valence-electron chi connectivity index (χ1n) is 5.07. The van der Waals surface area contributed by atoms with Gasteiger partial charge in [-0.05, 0) is 37.0 Å². The van der Waals surface area contributed by atoms with Crippen molar-refractivity contribution in [2.24, 2.45) is 0 Å². The molecular weight excluding hydrogens is 227 g/mol. The van der Waals surface area contributed by atoms with Crippen LogP contribution in [0.4, 0.5) is 0 Å². The Morgan fingerprint density at radius 3 is 2.25 bits per heavy atom. The number of phosphoric ester groups is 1. The van der Waals surface area contributed by atoms with Gasteiger partial charge >= 0.3 is 7.82 Å². The highest BCUT2D eigenvalue weighted by molar-refractivity contribution is 7.46. The van der Waals surface area contributed by atoms with Crippen LogP contribution in [0, 0.1) is 13.8 Å². The van der Waals surface area contributed by atoms with Crippen LogP contribution in [0.5, 0.6) is 5.75 Å². The molecule has 0 heterocycles. The van der Waals surface area contributed by atoms with Crippen molar-refractivity contribution in [3.63, 3.8) is 0 Å². The fourth-order valence-corrected chi connectivity index (χ4v) is 2.29. The van der Waals surface area contributed by atoms with Gasteiger partial charge in [0.1, 0.15) is 5.75 Å². The molecule has 0 aliphatic heterocycles. The molecule has 90 valence electrons. The zero-order valence-corrected chi connectivity index (χ0v) is 10.8. The molecule has 1 aromatic carbocycles. The van der Waals surface area contributed by atoms with E-state index in [1.807, 2.05) is 33.8 Å². The fourth-order valence-electron chi connectivity index (χ4n) is 1.88. The molecule has 0 spiro atoms. The third kappa shape index (κ3) is 3.34. The maximum atomic E-state index is 10.9. The van der Waals surface area contributed by atoms with Crippen LogP contribution in [0.25, 0.3) is 0 Å². The zero-order chi connectivity index (χ0) is 12.5. The van der Waals surface area contributed by atoms with Crippen LogP contribution in [-0.2, 0) is 4.57 Å². The van der Waals surface area contributed by atoms with Gasteiger partial charge in [0.2, 0.25) is 0 Å². The van der Waals surface area contributed by atoms with Crippen LogP contribution in [-0.4, -0.2) is 9.79 Å². The van der Waals surface area contributed by atoms with Gasteiger partial charge in [-0.1, -0.05) is 19.9 Å². The molecule has 16 heavy (non-hydrogen) atoms. The Hall–Kier alpha value is -0.830. The van der Waals surface area contributed by atoms with Crippen molar-refractivity contribution in [2.45, 2.75) is 33.6 Å². The molecule has 5 heteroatoms. The highest BCUT2D eigenvalue weighted by atomic mass is 31.2. The number of hydrogen-bond donors (Lipinski definition) is 2. The maximum absolute atomic E-state index is 10.9. The van der Waals surface area contributed by atoms with Gasteiger partial charge < -0.3 is 4.52 Å². The maximum Gasteiger partial charge on any atom is 0.524 e. The molecule has 0 aliphatic carbocycles. The first kappa shape index (κ1) is 13.2. The molecule has 0 saturated heterocycles. The minimum absolute atomic E-state index is 0.155. The van der Waals surface area contributed by atoms with Crippen molar-refractivity contribution in [1.82, 2.24) is 0 Å². The summed E-state index contributed by atoms with van der Waals surface area (Å²) in [4.78, 5) is 17.7. The predicted molar refractivity (Wildman–Crippen MR) is 62.7 cm³/mol. The lowest BCUT2D eigenvalue weighted by atomic mass is 9.95. The Bertz CT molecular complexity index is 434. The Labute approximate surface area is 95.5 Å². The van der Waals surface area contributed by atoms with E-state index in [2.05, 4.69) is 0 Å². The second-order valence-electron chi connectivity index (χ2n) is 4.23. The molecule has 0 aromatic heterocycles. The summed E-state index contributed by atoms with van der Waals surface area (Å²) >= 11 is 0. The Morgan fingerprint density at radius 2 is 1.81 bits per heavy atom. The molecule has 0 bridgehead atoms. The Balaban J connectivity index is 3.30. The first-order chi connectivity index (χ1) is 7.20. The lowest BCUT2D eigenvalue weighted by Crippen LogP contribution is -2.00. The van der Waals surface area contributed by atoms with Crippen LogP contribution in [0.3, 0.4) is 0 Å². The van der Waals surface area contributed by atoms with E-state index in [1.165, 1.54) is 0 Å². The molecule has 0 unspecified atom stereocenters.